The molecule has 0 saturated carbocycles. The number of aromatic nitrogens is 3. The first-order valence-corrected chi connectivity index (χ1v) is 10.5. The highest BCUT2D eigenvalue weighted by Crippen LogP contribution is 2.28. The molecule has 1 aromatic heterocycles. The van der Waals surface area contributed by atoms with Crippen molar-refractivity contribution in [2.24, 2.45) is 0 Å². The number of rotatable bonds is 8. The van der Waals surface area contributed by atoms with E-state index in [4.69, 9.17) is 5.21 Å². The second-order valence-electron chi connectivity index (χ2n) is 7.92. The molecular formula is C23H27N5O3. The number of hydrogen-bond donors (Lipinski definition) is 3. The predicted octanol–water partition coefficient (Wildman–Crippen LogP) is 2.30. The van der Waals surface area contributed by atoms with Crippen LogP contribution in [0, 0.1) is 0 Å². The number of nitrogens with one attached hydrogen (secondary N) is 1. The van der Waals surface area contributed by atoms with E-state index in [1.54, 1.807) is 23.7 Å². The number of benzene rings is 2. The maximum absolute atomic E-state index is 11.7. The molecule has 0 aliphatic carbocycles. The van der Waals surface area contributed by atoms with Gasteiger partial charge in [0.1, 0.15) is 5.69 Å². The van der Waals surface area contributed by atoms with E-state index in [9.17, 15) is 9.90 Å². The van der Waals surface area contributed by atoms with Crippen LogP contribution in [0.2, 0.25) is 0 Å². The molecule has 1 aliphatic rings. The normalized spacial score (nSPS) is 18.9. The topological polar surface area (TPSA) is 104 Å². The van der Waals surface area contributed by atoms with Crippen LogP contribution in [0.4, 0.5) is 0 Å². The molecule has 3 aromatic rings. The van der Waals surface area contributed by atoms with E-state index in [1.165, 1.54) is 5.56 Å². The number of hydroxylamine groups is 1. The second kappa shape index (κ2) is 9.82. The summed E-state index contributed by atoms with van der Waals surface area (Å²) in [7, 11) is 0. The summed E-state index contributed by atoms with van der Waals surface area (Å²) in [5.41, 5.74) is 4.74. The van der Waals surface area contributed by atoms with Crippen molar-refractivity contribution in [3.05, 3.63) is 71.9 Å². The van der Waals surface area contributed by atoms with Gasteiger partial charge in [-0.05, 0) is 43.5 Å². The summed E-state index contributed by atoms with van der Waals surface area (Å²) < 4.78 is 1.86. The molecule has 0 unspecified atom stereocenters. The largest absolute Gasteiger partial charge is 0.395 e. The van der Waals surface area contributed by atoms with Crippen LogP contribution < -0.4 is 5.48 Å². The van der Waals surface area contributed by atoms with E-state index in [2.05, 4.69) is 39.5 Å². The van der Waals surface area contributed by atoms with Crippen LogP contribution >= 0.6 is 0 Å². The summed E-state index contributed by atoms with van der Waals surface area (Å²) in [6.07, 6.45) is 4.75. The fourth-order valence-corrected chi connectivity index (χ4v) is 4.22. The third kappa shape index (κ3) is 4.99. The summed E-state index contributed by atoms with van der Waals surface area (Å²) in [6, 6.07) is 17.6. The third-order valence-corrected chi connectivity index (χ3v) is 5.88. The van der Waals surface area contributed by atoms with Crippen LogP contribution in [0.5, 0.6) is 0 Å². The third-order valence-electron chi connectivity index (χ3n) is 5.88. The SMILES string of the molecule is O=C(NO)c1cccc(-c2cn([C@@H]3C[C@H](CO)N(CCCc4ccccc4)C3)nn2)c1. The van der Waals surface area contributed by atoms with Crippen molar-refractivity contribution in [3.8, 4) is 11.3 Å². The standard InChI is InChI=1S/C23H27N5O3/c29-16-21-13-20(14-27(21)11-5-8-17-6-2-1-3-7-17)28-15-22(24-26-28)18-9-4-10-19(12-18)23(30)25-31/h1-4,6-7,9-10,12,15,20-21,29,31H,5,8,11,13-14,16H2,(H,25,30)/t20-,21-/m1/s1. The van der Waals surface area contributed by atoms with Gasteiger partial charge in [0.2, 0.25) is 0 Å². The molecule has 1 fully saturated rings. The van der Waals surface area contributed by atoms with Gasteiger partial charge in [-0.15, -0.1) is 5.10 Å². The van der Waals surface area contributed by atoms with Crippen molar-refractivity contribution in [2.45, 2.75) is 31.3 Å². The number of nitrogens with zero attached hydrogens (tertiary/aromatic N) is 4. The highest BCUT2D eigenvalue weighted by molar-refractivity contribution is 5.94. The highest BCUT2D eigenvalue weighted by atomic mass is 16.5. The van der Waals surface area contributed by atoms with E-state index in [1.807, 2.05) is 23.0 Å². The van der Waals surface area contributed by atoms with E-state index >= 15 is 0 Å². The molecule has 8 heteroatoms. The first-order valence-electron chi connectivity index (χ1n) is 10.5. The van der Waals surface area contributed by atoms with Gasteiger partial charge in [0.25, 0.3) is 5.91 Å². The summed E-state index contributed by atoms with van der Waals surface area (Å²) in [4.78, 5) is 14.0. The average molecular weight is 422 g/mol. The Bertz CT molecular complexity index is 1010. The quantitative estimate of drug-likeness (QED) is 0.381. The molecule has 2 heterocycles. The lowest BCUT2D eigenvalue weighted by Gasteiger charge is -2.22. The average Bonchev–Trinajstić information content (AvgIpc) is 3.46. The number of aryl methyl sites for hydroxylation is 1. The van der Waals surface area contributed by atoms with Crippen LogP contribution in [0.25, 0.3) is 11.3 Å². The minimum atomic E-state index is -0.568. The zero-order valence-electron chi connectivity index (χ0n) is 17.3. The number of amides is 1. The van der Waals surface area contributed by atoms with Crippen LogP contribution in [0.3, 0.4) is 0 Å². The Kier molecular flexibility index (Phi) is 6.71. The van der Waals surface area contributed by atoms with E-state index in [0.717, 1.165) is 37.9 Å². The summed E-state index contributed by atoms with van der Waals surface area (Å²) in [5, 5.41) is 27.3. The Morgan fingerprint density at radius 2 is 2.00 bits per heavy atom. The smallest absolute Gasteiger partial charge is 0.274 e. The maximum atomic E-state index is 11.7. The van der Waals surface area contributed by atoms with Gasteiger partial charge in [0, 0.05) is 23.7 Å². The number of carbonyl (C=O) groups excluding carboxylic acids is 1. The minimum Gasteiger partial charge on any atom is -0.395 e. The molecule has 2 aromatic carbocycles. The van der Waals surface area contributed by atoms with Crippen LogP contribution in [-0.2, 0) is 6.42 Å². The Morgan fingerprint density at radius 1 is 1.16 bits per heavy atom. The minimum absolute atomic E-state index is 0.116. The van der Waals surface area contributed by atoms with Crippen LogP contribution in [-0.4, -0.2) is 61.9 Å². The number of aliphatic hydroxyl groups excluding tert-OH is 1. The predicted molar refractivity (Wildman–Crippen MR) is 116 cm³/mol. The molecule has 3 N–H and O–H groups in total. The lowest BCUT2D eigenvalue weighted by molar-refractivity contribution is 0.0706. The van der Waals surface area contributed by atoms with Crippen molar-refractivity contribution in [3.63, 3.8) is 0 Å². The van der Waals surface area contributed by atoms with Gasteiger partial charge >= 0.3 is 0 Å². The van der Waals surface area contributed by atoms with Gasteiger partial charge in [-0.25, -0.2) is 10.2 Å². The Hall–Kier alpha value is -3.07. The van der Waals surface area contributed by atoms with Crippen molar-refractivity contribution >= 4 is 5.91 Å². The Balaban J connectivity index is 1.40. The van der Waals surface area contributed by atoms with Gasteiger partial charge in [0.15, 0.2) is 0 Å². The van der Waals surface area contributed by atoms with Crippen molar-refractivity contribution in [1.29, 1.82) is 0 Å². The molecular weight excluding hydrogens is 394 g/mol. The molecule has 0 bridgehead atoms. The van der Waals surface area contributed by atoms with E-state index < -0.39 is 5.91 Å². The number of aliphatic hydroxyl groups is 1. The first kappa shape index (κ1) is 21.2. The molecule has 31 heavy (non-hydrogen) atoms. The van der Waals surface area contributed by atoms with Crippen molar-refractivity contribution in [2.75, 3.05) is 19.7 Å². The van der Waals surface area contributed by atoms with Gasteiger partial charge in [0.05, 0.1) is 18.8 Å². The van der Waals surface area contributed by atoms with Gasteiger partial charge in [-0.2, -0.15) is 0 Å². The molecule has 0 radical (unpaired) electrons. The van der Waals surface area contributed by atoms with Crippen molar-refractivity contribution in [1.82, 2.24) is 25.4 Å². The van der Waals surface area contributed by atoms with Gasteiger partial charge in [-0.3, -0.25) is 14.9 Å². The highest BCUT2D eigenvalue weighted by Gasteiger charge is 2.33. The summed E-state index contributed by atoms with van der Waals surface area (Å²) in [6.45, 7) is 1.87. The lowest BCUT2D eigenvalue weighted by atomic mass is 10.1. The van der Waals surface area contributed by atoms with Crippen molar-refractivity contribution < 1.29 is 15.1 Å². The monoisotopic (exact) mass is 421 g/mol. The summed E-state index contributed by atoms with van der Waals surface area (Å²) >= 11 is 0. The molecule has 1 aliphatic heterocycles. The molecule has 1 amide bonds. The Labute approximate surface area is 181 Å². The van der Waals surface area contributed by atoms with Gasteiger partial charge < -0.3 is 5.11 Å². The fraction of sp³-hybridized carbons (Fsp3) is 0.348. The van der Waals surface area contributed by atoms with Gasteiger partial charge in [-0.1, -0.05) is 47.7 Å². The number of likely N-dealkylation sites (tertiary alicyclic amines) is 1. The molecule has 4 rings (SSSR count). The van der Waals surface area contributed by atoms with Crippen LogP contribution in [0.1, 0.15) is 34.8 Å². The molecule has 8 nitrogen and oxygen atoms in total. The second-order valence-corrected chi connectivity index (χ2v) is 7.92. The fourth-order valence-electron chi connectivity index (χ4n) is 4.22. The maximum Gasteiger partial charge on any atom is 0.274 e. The lowest BCUT2D eigenvalue weighted by Crippen LogP contribution is -2.33. The molecule has 1 saturated heterocycles. The molecule has 162 valence electrons. The first-order chi connectivity index (χ1) is 15.2. The molecule has 0 spiro atoms. The molecule has 2 atom stereocenters. The van der Waals surface area contributed by atoms with E-state index in [-0.39, 0.29) is 18.7 Å². The Morgan fingerprint density at radius 3 is 2.77 bits per heavy atom. The number of carbonyl (C=O) groups is 1. The number of hydrogen-bond acceptors (Lipinski definition) is 6. The van der Waals surface area contributed by atoms with E-state index in [0.29, 0.717) is 11.3 Å². The zero-order valence-corrected chi connectivity index (χ0v) is 17.3. The summed E-state index contributed by atoms with van der Waals surface area (Å²) in [5.74, 6) is -0.568. The van der Waals surface area contributed by atoms with Crippen LogP contribution in [0.15, 0.2) is 60.8 Å². The zero-order chi connectivity index (χ0) is 21.6.